The van der Waals surface area contributed by atoms with Gasteiger partial charge in [-0.25, -0.2) is 0 Å². The second-order valence-corrected chi connectivity index (χ2v) is 4.63. The molecule has 5 heteroatoms. The van der Waals surface area contributed by atoms with E-state index in [9.17, 15) is 0 Å². The zero-order valence-electron chi connectivity index (χ0n) is 12.1. The summed E-state index contributed by atoms with van der Waals surface area (Å²) in [6, 6.07) is 0.763. The van der Waals surface area contributed by atoms with Crippen LogP contribution in [0.1, 0.15) is 58.4 Å². The Kier molecular flexibility index (Phi) is 6.72. The smallest absolute Gasteiger partial charge is 0.318 e. The summed E-state index contributed by atoms with van der Waals surface area (Å²) in [4.78, 5) is 2.20. The molecule has 0 bridgehead atoms. The van der Waals surface area contributed by atoms with E-state index in [4.69, 9.17) is 4.42 Å². The fourth-order valence-corrected chi connectivity index (χ4v) is 1.65. The molecule has 0 aromatic carbocycles. The van der Waals surface area contributed by atoms with E-state index >= 15 is 0 Å². The number of nitrogens with zero attached hydrogens (tertiary/aromatic N) is 3. The minimum Gasteiger partial charge on any atom is -0.406 e. The Bertz CT molecular complexity index is 319. The van der Waals surface area contributed by atoms with Gasteiger partial charge >= 0.3 is 6.01 Å². The SMILES string of the molecule is CCCCN(CCCC)c1nnc(C(C)NC)o1. The van der Waals surface area contributed by atoms with Crippen LogP contribution in [0.3, 0.4) is 0 Å². The van der Waals surface area contributed by atoms with Gasteiger partial charge in [0.2, 0.25) is 5.89 Å². The zero-order chi connectivity index (χ0) is 13.4. The van der Waals surface area contributed by atoms with Crippen LogP contribution in [0.5, 0.6) is 0 Å². The highest BCUT2D eigenvalue weighted by atomic mass is 16.4. The number of hydrogen-bond acceptors (Lipinski definition) is 5. The zero-order valence-corrected chi connectivity index (χ0v) is 12.1. The third kappa shape index (κ3) is 4.29. The van der Waals surface area contributed by atoms with Crippen molar-refractivity contribution in [2.75, 3.05) is 25.0 Å². The number of aromatic nitrogens is 2. The normalized spacial score (nSPS) is 12.7. The molecule has 0 amide bonds. The quantitative estimate of drug-likeness (QED) is 0.734. The Labute approximate surface area is 110 Å². The van der Waals surface area contributed by atoms with Gasteiger partial charge in [0.15, 0.2) is 0 Å². The lowest BCUT2D eigenvalue weighted by molar-refractivity contribution is 0.427. The van der Waals surface area contributed by atoms with Crippen molar-refractivity contribution >= 4 is 6.01 Å². The third-order valence-electron chi connectivity index (χ3n) is 3.07. The maximum absolute atomic E-state index is 5.73. The van der Waals surface area contributed by atoms with Crippen molar-refractivity contribution in [3.8, 4) is 0 Å². The summed E-state index contributed by atoms with van der Waals surface area (Å²) in [5.74, 6) is 0.658. The molecule has 0 fully saturated rings. The predicted molar refractivity (Wildman–Crippen MR) is 73.8 cm³/mol. The molecule has 0 saturated carbocycles. The van der Waals surface area contributed by atoms with Crippen molar-refractivity contribution in [2.45, 2.75) is 52.5 Å². The van der Waals surface area contributed by atoms with Gasteiger partial charge in [-0.3, -0.25) is 0 Å². The average Bonchev–Trinajstić information content (AvgIpc) is 2.87. The standard InChI is InChI=1S/C13H26N4O/c1-5-7-9-17(10-8-6-2)13-16-15-12(18-13)11(3)14-4/h11,14H,5-10H2,1-4H3. The van der Waals surface area contributed by atoms with Gasteiger partial charge in [-0.1, -0.05) is 31.8 Å². The van der Waals surface area contributed by atoms with E-state index in [1.807, 2.05) is 14.0 Å². The molecular weight excluding hydrogens is 228 g/mol. The van der Waals surface area contributed by atoms with Gasteiger partial charge in [-0.05, 0) is 26.8 Å². The molecule has 0 aliphatic rings. The molecule has 5 nitrogen and oxygen atoms in total. The number of unbranched alkanes of at least 4 members (excludes halogenated alkanes) is 2. The average molecular weight is 254 g/mol. The molecule has 1 heterocycles. The van der Waals surface area contributed by atoms with Crippen LogP contribution < -0.4 is 10.2 Å². The molecule has 1 rings (SSSR count). The minimum atomic E-state index is 0.102. The van der Waals surface area contributed by atoms with Gasteiger partial charge in [0.25, 0.3) is 0 Å². The van der Waals surface area contributed by atoms with Crippen LogP contribution in [0.2, 0.25) is 0 Å². The van der Waals surface area contributed by atoms with Crippen LogP contribution in [-0.2, 0) is 0 Å². The van der Waals surface area contributed by atoms with Crippen molar-refractivity contribution in [2.24, 2.45) is 0 Å². The summed E-state index contributed by atoms with van der Waals surface area (Å²) in [6.07, 6.45) is 4.67. The molecule has 0 spiro atoms. The summed E-state index contributed by atoms with van der Waals surface area (Å²) in [5.41, 5.74) is 0. The van der Waals surface area contributed by atoms with Gasteiger partial charge in [0, 0.05) is 13.1 Å². The lowest BCUT2D eigenvalue weighted by atomic mass is 10.3. The first-order chi connectivity index (χ1) is 8.72. The lowest BCUT2D eigenvalue weighted by Crippen LogP contribution is -2.25. The molecular formula is C13H26N4O. The first kappa shape index (κ1) is 15.0. The first-order valence-electron chi connectivity index (χ1n) is 6.98. The van der Waals surface area contributed by atoms with E-state index in [0.717, 1.165) is 25.9 Å². The summed E-state index contributed by atoms with van der Waals surface area (Å²) < 4.78 is 5.73. The van der Waals surface area contributed by atoms with Crippen molar-refractivity contribution in [1.82, 2.24) is 15.5 Å². The van der Waals surface area contributed by atoms with Crippen LogP contribution in [0.4, 0.5) is 6.01 Å². The largest absolute Gasteiger partial charge is 0.406 e. The van der Waals surface area contributed by atoms with E-state index in [0.29, 0.717) is 11.9 Å². The maximum atomic E-state index is 5.73. The second kappa shape index (κ2) is 8.08. The summed E-state index contributed by atoms with van der Waals surface area (Å²) in [7, 11) is 1.89. The van der Waals surface area contributed by atoms with Gasteiger partial charge in [-0.2, -0.15) is 0 Å². The van der Waals surface area contributed by atoms with Gasteiger partial charge in [-0.15, -0.1) is 5.10 Å². The molecule has 1 aromatic heterocycles. The molecule has 18 heavy (non-hydrogen) atoms. The topological polar surface area (TPSA) is 54.2 Å². The molecule has 0 radical (unpaired) electrons. The number of nitrogens with one attached hydrogen (secondary N) is 1. The van der Waals surface area contributed by atoms with Crippen molar-refractivity contribution in [1.29, 1.82) is 0 Å². The van der Waals surface area contributed by atoms with Gasteiger partial charge in [0.05, 0.1) is 6.04 Å². The molecule has 0 saturated heterocycles. The van der Waals surface area contributed by atoms with E-state index < -0.39 is 0 Å². The monoisotopic (exact) mass is 254 g/mol. The molecule has 0 aliphatic carbocycles. The Balaban J connectivity index is 2.67. The fraction of sp³-hybridized carbons (Fsp3) is 0.846. The van der Waals surface area contributed by atoms with Crippen LogP contribution in [0.25, 0.3) is 0 Å². The Morgan fingerprint density at radius 2 is 1.78 bits per heavy atom. The van der Waals surface area contributed by atoms with Crippen LogP contribution >= 0.6 is 0 Å². The molecule has 1 aromatic rings. The highest BCUT2D eigenvalue weighted by Crippen LogP contribution is 2.18. The Morgan fingerprint density at radius 1 is 1.17 bits per heavy atom. The van der Waals surface area contributed by atoms with E-state index in [-0.39, 0.29) is 6.04 Å². The van der Waals surface area contributed by atoms with E-state index in [1.54, 1.807) is 0 Å². The molecule has 1 atom stereocenters. The van der Waals surface area contributed by atoms with Crippen molar-refractivity contribution in [3.63, 3.8) is 0 Å². The first-order valence-corrected chi connectivity index (χ1v) is 6.98. The highest BCUT2D eigenvalue weighted by Gasteiger charge is 2.16. The minimum absolute atomic E-state index is 0.102. The predicted octanol–water partition coefficient (Wildman–Crippen LogP) is 2.76. The van der Waals surface area contributed by atoms with E-state index in [1.165, 1.54) is 12.8 Å². The fourth-order valence-electron chi connectivity index (χ4n) is 1.65. The third-order valence-corrected chi connectivity index (χ3v) is 3.07. The summed E-state index contributed by atoms with van der Waals surface area (Å²) in [5, 5.41) is 11.4. The summed E-state index contributed by atoms with van der Waals surface area (Å²) >= 11 is 0. The molecule has 1 N–H and O–H groups in total. The Morgan fingerprint density at radius 3 is 2.28 bits per heavy atom. The van der Waals surface area contributed by atoms with E-state index in [2.05, 4.69) is 34.3 Å². The lowest BCUT2D eigenvalue weighted by Gasteiger charge is -2.19. The maximum Gasteiger partial charge on any atom is 0.318 e. The van der Waals surface area contributed by atoms with Crippen molar-refractivity contribution < 1.29 is 4.42 Å². The number of hydrogen-bond donors (Lipinski definition) is 1. The molecule has 0 aliphatic heterocycles. The highest BCUT2D eigenvalue weighted by molar-refractivity contribution is 5.23. The molecule has 1 unspecified atom stereocenters. The van der Waals surface area contributed by atoms with Crippen LogP contribution in [-0.4, -0.2) is 30.3 Å². The van der Waals surface area contributed by atoms with Crippen LogP contribution in [0.15, 0.2) is 4.42 Å². The van der Waals surface area contributed by atoms with Crippen molar-refractivity contribution in [3.05, 3.63) is 5.89 Å². The Hall–Kier alpha value is -1.10. The number of rotatable bonds is 9. The number of anilines is 1. The molecule has 104 valence electrons. The second-order valence-electron chi connectivity index (χ2n) is 4.63. The van der Waals surface area contributed by atoms with Gasteiger partial charge < -0.3 is 14.6 Å². The van der Waals surface area contributed by atoms with Gasteiger partial charge in [0.1, 0.15) is 0 Å². The summed E-state index contributed by atoms with van der Waals surface area (Å²) in [6.45, 7) is 8.39. The van der Waals surface area contributed by atoms with Crippen LogP contribution in [0, 0.1) is 0 Å².